The van der Waals surface area contributed by atoms with Crippen LogP contribution in [-0.2, 0) is 42.6 Å². The number of hydrogen-bond donors (Lipinski definition) is 1. The molecule has 0 amide bonds. The summed E-state index contributed by atoms with van der Waals surface area (Å²) in [6.45, 7) is 7.24. The highest BCUT2D eigenvalue weighted by Gasteiger charge is 2.59. The molecule has 4 aliphatic rings. The van der Waals surface area contributed by atoms with E-state index in [9.17, 15) is 5.11 Å². The van der Waals surface area contributed by atoms with Crippen molar-refractivity contribution in [2.45, 2.75) is 107 Å². The largest absolute Gasteiger partial charge is 0.388 e. The van der Waals surface area contributed by atoms with E-state index < -0.39 is 73.0 Å². The zero-order valence-corrected chi connectivity index (χ0v) is 19.4. The molecule has 0 unspecified atom stereocenters. The highest BCUT2D eigenvalue weighted by molar-refractivity contribution is 5.02. The number of ether oxygens (including phenoxy) is 9. The third-order valence-corrected chi connectivity index (χ3v) is 6.10. The molecule has 0 aromatic carbocycles. The Morgan fingerprint density at radius 2 is 1.31 bits per heavy atom. The van der Waals surface area contributed by atoms with E-state index in [0.717, 1.165) is 0 Å². The van der Waals surface area contributed by atoms with Crippen LogP contribution in [0.2, 0.25) is 0 Å². The fourth-order valence-corrected chi connectivity index (χ4v) is 4.87. The van der Waals surface area contributed by atoms with Gasteiger partial charge in [0.25, 0.3) is 0 Å². The van der Waals surface area contributed by atoms with Crippen molar-refractivity contribution in [3.05, 3.63) is 0 Å². The van der Waals surface area contributed by atoms with Gasteiger partial charge >= 0.3 is 0 Å². The summed E-state index contributed by atoms with van der Waals surface area (Å²) in [5.41, 5.74) is 0. The van der Waals surface area contributed by atoms with E-state index in [0.29, 0.717) is 0 Å². The molecule has 4 rings (SSSR count). The number of fused-ring (bicyclic) bond motifs is 2. The van der Waals surface area contributed by atoms with Crippen LogP contribution in [0.5, 0.6) is 0 Å². The van der Waals surface area contributed by atoms with Crippen molar-refractivity contribution in [2.24, 2.45) is 0 Å². The average Bonchev–Trinajstić information content (AvgIpc) is 3.40. The summed E-state index contributed by atoms with van der Waals surface area (Å²) in [7, 11) is 3.07. The maximum atomic E-state index is 10.9. The topological polar surface area (TPSA) is 103 Å². The van der Waals surface area contributed by atoms with Gasteiger partial charge in [-0.2, -0.15) is 0 Å². The molecule has 4 heterocycles. The van der Waals surface area contributed by atoms with Gasteiger partial charge in [-0.1, -0.05) is 0 Å². The molecule has 0 bridgehead atoms. The van der Waals surface area contributed by atoms with Crippen molar-refractivity contribution in [3.63, 3.8) is 0 Å². The molecule has 10 atom stereocenters. The Morgan fingerprint density at radius 3 is 1.81 bits per heavy atom. The number of rotatable bonds is 8. The van der Waals surface area contributed by atoms with Gasteiger partial charge in [-0.25, -0.2) is 0 Å². The fraction of sp³-hybridized carbons (Fsp3) is 0.909. The number of hydrogen-bond acceptors (Lipinski definition) is 10. The van der Waals surface area contributed by atoms with Crippen LogP contribution >= 0.6 is 0 Å². The van der Waals surface area contributed by atoms with E-state index in [1.807, 2.05) is 27.7 Å². The minimum atomic E-state index is -1.01. The van der Waals surface area contributed by atoms with Crippen molar-refractivity contribution in [1.82, 2.24) is 0 Å². The second-order valence-corrected chi connectivity index (χ2v) is 9.39. The van der Waals surface area contributed by atoms with Gasteiger partial charge in [0.15, 0.2) is 24.2 Å². The first-order valence-electron chi connectivity index (χ1n) is 10.9. The minimum absolute atomic E-state index is 0.0560. The highest BCUT2D eigenvalue weighted by Crippen LogP contribution is 2.42. The van der Waals surface area contributed by atoms with E-state index in [-0.39, 0.29) is 13.0 Å². The molecule has 0 spiro atoms. The third-order valence-electron chi connectivity index (χ3n) is 6.10. The van der Waals surface area contributed by atoms with Crippen LogP contribution in [0.1, 0.15) is 34.1 Å². The third kappa shape index (κ3) is 4.57. The Balaban J connectivity index is 1.41. The van der Waals surface area contributed by atoms with Gasteiger partial charge in [-0.3, -0.25) is 0 Å². The predicted molar refractivity (Wildman–Crippen MR) is 108 cm³/mol. The fourth-order valence-electron chi connectivity index (χ4n) is 4.87. The first-order chi connectivity index (χ1) is 15.1. The molecule has 0 saturated carbocycles. The predicted octanol–water partition coefficient (Wildman–Crippen LogP) is 0.539. The maximum Gasteiger partial charge on any atom is 0.186 e. The van der Waals surface area contributed by atoms with E-state index >= 15 is 0 Å². The molecule has 4 aliphatic heterocycles. The molecule has 10 heteroatoms. The lowest BCUT2D eigenvalue weighted by Gasteiger charge is -2.30. The molecule has 0 radical (unpaired) electrons. The standard InChI is InChI=1S/C22H34O10/c1-8-9-12(14-16-18(20(25-7)28-14)32-22(4,5)30-16)26-10-11(23)13-15-17(19(24-6)27-13)31-21(2,3)29-15/h1,11-20,23H,9-10H2,2-7H3/t11-,12-,13-,14-,15+,16+,17+,18+,19+,20+/m1/s1. The summed E-state index contributed by atoms with van der Waals surface area (Å²) < 4.78 is 52.5. The summed E-state index contributed by atoms with van der Waals surface area (Å²) in [5, 5.41) is 10.9. The summed E-state index contributed by atoms with van der Waals surface area (Å²) in [4.78, 5) is 0. The smallest absolute Gasteiger partial charge is 0.186 e. The van der Waals surface area contributed by atoms with Crippen LogP contribution in [0.4, 0.5) is 0 Å². The lowest BCUT2D eigenvalue weighted by atomic mass is 10.0. The van der Waals surface area contributed by atoms with Crippen molar-refractivity contribution in [1.29, 1.82) is 0 Å². The molecule has 0 aromatic rings. The SMILES string of the molecule is C#CC[C@@H](OC[C@@H](O)[C@H]1O[C@H](OC)[C@H]2OC(C)(C)O[C@H]21)[C@H]1O[C@H](OC)[C@H]2OC(C)(C)O[C@H]21. The van der Waals surface area contributed by atoms with Gasteiger partial charge < -0.3 is 47.7 Å². The molecule has 4 saturated heterocycles. The summed E-state index contributed by atoms with van der Waals surface area (Å²) in [5.74, 6) is 1.04. The zero-order valence-electron chi connectivity index (χ0n) is 19.4. The molecule has 32 heavy (non-hydrogen) atoms. The number of aliphatic hydroxyl groups is 1. The first-order valence-corrected chi connectivity index (χ1v) is 10.9. The Morgan fingerprint density at radius 1 is 0.844 bits per heavy atom. The molecule has 0 aromatic heterocycles. The molecule has 0 aliphatic carbocycles. The quantitative estimate of drug-likeness (QED) is 0.519. The van der Waals surface area contributed by atoms with Crippen molar-refractivity contribution in [3.8, 4) is 12.3 Å². The average molecular weight is 459 g/mol. The number of methoxy groups -OCH3 is 2. The van der Waals surface area contributed by atoms with E-state index in [4.69, 9.17) is 49.1 Å². The first kappa shape index (κ1) is 24.3. The maximum absolute atomic E-state index is 10.9. The molecule has 4 fully saturated rings. The molecule has 182 valence electrons. The van der Waals surface area contributed by atoms with Gasteiger partial charge in [0, 0.05) is 20.6 Å². The number of terminal acetylenes is 1. The van der Waals surface area contributed by atoms with Crippen LogP contribution < -0.4 is 0 Å². The normalized spacial score (nSPS) is 43.6. The molecule has 10 nitrogen and oxygen atoms in total. The lowest BCUT2D eigenvalue weighted by Crippen LogP contribution is -2.44. The minimum Gasteiger partial charge on any atom is -0.388 e. The second-order valence-electron chi connectivity index (χ2n) is 9.39. The van der Waals surface area contributed by atoms with Crippen LogP contribution in [0.25, 0.3) is 0 Å². The Kier molecular flexibility index (Phi) is 6.89. The summed E-state index contributed by atoms with van der Waals surface area (Å²) in [6.07, 6.45) is 0.0870. The zero-order chi connectivity index (χ0) is 23.3. The molecular weight excluding hydrogens is 424 g/mol. The van der Waals surface area contributed by atoms with Gasteiger partial charge in [0.05, 0.1) is 12.7 Å². The molecule has 1 N–H and O–H groups in total. The Bertz CT molecular complexity index is 705. The van der Waals surface area contributed by atoms with Crippen molar-refractivity contribution in [2.75, 3.05) is 20.8 Å². The van der Waals surface area contributed by atoms with Gasteiger partial charge in [0.2, 0.25) is 0 Å². The van der Waals surface area contributed by atoms with Gasteiger partial charge in [-0.05, 0) is 27.7 Å². The monoisotopic (exact) mass is 458 g/mol. The van der Waals surface area contributed by atoms with Crippen LogP contribution in [0.15, 0.2) is 0 Å². The van der Waals surface area contributed by atoms with Crippen LogP contribution in [0, 0.1) is 12.3 Å². The van der Waals surface area contributed by atoms with Crippen molar-refractivity contribution >= 4 is 0 Å². The Labute approximate surface area is 188 Å². The summed E-state index contributed by atoms with van der Waals surface area (Å²) >= 11 is 0. The second kappa shape index (κ2) is 9.07. The molecular formula is C22H34O10. The van der Waals surface area contributed by atoms with E-state index in [1.54, 1.807) is 7.11 Å². The highest BCUT2D eigenvalue weighted by atomic mass is 16.8. The lowest BCUT2D eigenvalue weighted by molar-refractivity contribution is -0.248. The van der Waals surface area contributed by atoms with Gasteiger partial charge in [-0.15, -0.1) is 12.3 Å². The summed E-state index contributed by atoms with van der Waals surface area (Å²) in [6, 6.07) is 0. The van der Waals surface area contributed by atoms with Crippen LogP contribution in [0.3, 0.4) is 0 Å². The van der Waals surface area contributed by atoms with E-state index in [2.05, 4.69) is 5.92 Å². The van der Waals surface area contributed by atoms with Crippen molar-refractivity contribution < 1.29 is 47.7 Å². The van der Waals surface area contributed by atoms with Crippen LogP contribution in [-0.4, -0.2) is 98.9 Å². The number of aliphatic hydroxyl groups excluding tert-OH is 1. The van der Waals surface area contributed by atoms with Gasteiger partial charge in [0.1, 0.15) is 42.7 Å². The van der Waals surface area contributed by atoms with E-state index in [1.165, 1.54) is 7.11 Å². The Hall–Kier alpha value is -0.840.